The van der Waals surface area contributed by atoms with Crippen molar-refractivity contribution in [3.8, 4) is 0 Å². The normalized spacial score (nSPS) is 10.7. The third kappa shape index (κ3) is 1.17. The smallest absolute Gasteiger partial charge is 0.250 e. The summed E-state index contributed by atoms with van der Waals surface area (Å²) in [6.07, 6.45) is 1.69. The molecule has 0 radical (unpaired) electrons. The van der Waals surface area contributed by atoms with Crippen molar-refractivity contribution in [1.29, 1.82) is 0 Å². The summed E-state index contributed by atoms with van der Waals surface area (Å²) in [5.41, 5.74) is 6.59. The number of halogens is 1. The summed E-state index contributed by atoms with van der Waals surface area (Å²) in [5.74, 6) is -0.433. The summed E-state index contributed by atoms with van der Waals surface area (Å²) in [6, 6.07) is 5.42. The molecule has 0 atom stereocenters. The lowest BCUT2D eigenvalue weighted by Gasteiger charge is -1.97. The largest absolute Gasteiger partial charge is 0.366 e. The molecule has 0 saturated carbocycles. The van der Waals surface area contributed by atoms with Crippen LogP contribution in [0, 0.1) is 0 Å². The van der Waals surface area contributed by atoms with Crippen molar-refractivity contribution in [3.05, 3.63) is 35.0 Å². The first-order chi connectivity index (χ1) is 6.61. The van der Waals surface area contributed by atoms with Crippen molar-refractivity contribution < 1.29 is 4.79 Å². The second-order valence-electron chi connectivity index (χ2n) is 3.15. The number of fused-ring (bicyclic) bond motifs is 1. The number of hydrogen-bond acceptors (Lipinski definition) is 1. The number of amides is 1. The van der Waals surface area contributed by atoms with Crippen LogP contribution in [0.2, 0.25) is 5.02 Å². The molecule has 2 N–H and O–H groups in total. The average molecular weight is 209 g/mol. The number of carbonyl (C=O) groups is 1. The molecule has 0 aliphatic heterocycles. The number of rotatable bonds is 1. The lowest BCUT2D eigenvalue weighted by molar-refractivity contribution is 0.100. The standard InChI is InChI=1S/C10H9ClN2O/c1-13-5-7(10(12)14)6-3-2-4-8(11)9(6)13/h2-5H,1H3,(H2,12,14). The number of aromatic nitrogens is 1. The van der Waals surface area contributed by atoms with Crippen LogP contribution in [0.4, 0.5) is 0 Å². The van der Waals surface area contributed by atoms with Crippen LogP contribution in [-0.4, -0.2) is 10.5 Å². The van der Waals surface area contributed by atoms with E-state index in [0.29, 0.717) is 10.6 Å². The number of nitrogens with zero attached hydrogens (tertiary/aromatic N) is 1. The molecule has 2 aromatic rings. The van der Waals surface area contributed by atoms with Crippen LogP contribution in [0.25, 0.3) is 10.9 Å². The summed E-state index contributed by atoms with van der Waals surface area (Å²) in [4.78, 5) is 11.1. The van der Waals surface area contributed by atoms with Gasteiger partial charge in [-0.2, -0.15) is 0 Å². The minimum Gasteiger partial charge on any atom is -0.366 e. The summed E-state index contributed by atoms with van der Waals surface area (Å²) >= 11 is 6.01. The molecule has 0 saturated heterocycles. The molecule has 0 aliphatic carbocycles. The lowest BCUT2D eigenvalue weighted by atomic mass is 10.2. The van der Waals surface area contributed by atoms with Crippen LogP contribution < -0.4 is 5.73 Å². The van der Waals surface area contributed by atoms with Crippen molar-refractivity contribution in [1.82, 2.24) is 4.57 Å². The van der Waals surface area contributed by atoms with Gasteiger partial charge in [0.05, 0.1) is 16.1 Å². The molecule has 4 heteroatoms. The number of aryl methyl sites for hydroxylation is 1. The molecule has 0 unspecified atom stereocenters. The fourth-order valence-corrected chi connectivity index (χ4v) is 1.92. The fourth-order valence-electron chi connectivity index (χ4n) is 1.62. The van der Waals surface area contributed by atoms with E-state index in [-0.39, 0.29) is 0 Å². The maximum absolute atomic E-state index is 11.1. The van der Waals surface area contributed by atoms with E-state index in [4.69, 9.17) is 17.3 Å². The first-order valence-corrected chi connectivity index (χ1v) is 4.52. The summed E-state index contributed by atoms with van der Waals surface area (Å²) in [5, 5.41) is 1.42. The Bertz CT molecular complexity index is 516. The van der Waals surface area contributed by atoms with Gasteiger partial charge in [0.15, 0.2) is 0 Å². The van der Waals surface area contributed by atoms with E-state index < -0.39 is 5.91 Å². The third-order valence-electron chi connectivity index (χ3n) is 2.22. The monoisotopic (exact) mass is 208 g/mol. The van der Waals surface area contributed by atoms with Gasteiger partial charge in [0.2, 0.25) is 0 Å². The molecule has 0 spiro atoms. The Morgan fingerprint density at radius 3 is 2.86 bits per heavy atom. The fraction of sp³-hybridized carbons (Fsp3) is 0.100. The Labute approximate surface area is 86.1 Å². The van der Waals surface area contributed by atoms with Crippen LogP contribution in [0.5, 0.6) is 0 Å². The predicted molar refractivity (Wildman–Crippen MR) is 56.4 cm³/mol. The van der Waals surface area contributed by atoms with Gasteiger partial charge in [-0.25, -0.2) is 0 Å². The van der Waals surface area contributed by atoms with Crippen LogP contribution in [0.15, 0.2) is 24.4 Å². The Kier molecular flexibility index (Phi) is 1.97. The zero-order valence-electron chi connectivity index (χ0n) is 7.62. The predicted octanol–water partition coefficient (Wildman–Crippen LogP) is 1.93. The Morgan fingerprint density at radius 1 is 1.50 bits per heavy atom. The quantitative estimate of drug-likeness (QED) is 0.765. The number of hydrogen-bond donors (Lipinski definition) is 1. The van der Waals surface area contributed by atoms with Crippen molar-refractivity contribution in [3.63, 3.8) is 0 Å². The Hall–Kier alpha value is -1.48. The number of benzene rings is 1. The van der Waals surface area contributed by atoms with E-state index in [2.05, 4.69) is 0 Å². The molecule has 1 aromatic carbocycles. The van der Waals surface area contributed by atoms with Crippen molar-refractivity contribution >= 4 is 28.4 Å². The van der Waals surface area contributed by atoms with Crippen LogP contribution >= 0.6 is 11.6 Å². The molecule has 1 amide bonds. The SMILES string of the molecule is Cn1cc(C(N)=O)c2cccc(Cl)c21. The van der Waals surface area contributed by atoms with Gasteiger partial charge in [-0.3, -0.25) is 4.79 Å². The number of primary amides is 1. The molecular formula is C10H9ClN2O. The van der Waals surface area contributed by atoms with Gasteiger partial charge in [0.25, 0.3) is 5.91 Å². The maximum atomic E-state index is 11.1. The molecule has 1 aromatic heterocycles. The average Bonchev–Trinajstić information content (AvgIpc) is 2.45. The first-order valence-electron chi connectivity index (χ1n) is 4.14. The molecule has 3 nitrogen and oxygen atoms in total. The van der Waals surface area contributed by atoms with Crippen LogP contribution in [0.3, 0.4) is 0 Å². The zero-order valence-corrected chi connectivity index (χ0v) is 8.38. The second-order valence-corrected chi connectivity index (χ2v) is 3.56. The Morgan fingerprint density at radius 2 is 2.21 bits per heavy atom. The van der Waals surface area contributed by atoms with Gasteiger partial charge in [-0.1, -0.05) is 23.7 Å². The molecular weight excluding hydrogens is 200 g/mol. The molecule has 0 fully saturated rings. The van der Waals surface area contributed by atoms with Gasteiger partial charge >= 0.3 is 0 Å². The van der Waals surface area contributed by atoms with Crippen molar-refractivity contribution in [2.45, 2.75) is 0 Å². The topological polar surface area (TPSA) is 48.0 Å². The lowest BCUT2D eigenvalue weighted by Crippen LogP contribution is -2.09. The summed E-state index contributed by atoms with van der Waals surface area (Å²) in [6.45, 7) is 0. The van der Waals surface area contributed by atoms with Gasteiger partial charge < -0.3 is 10.3 Å². The molecule has 1 heterocycles. The summed E-state index contributed by atoms with van der Waals surface area (Å²) < 4.78 is 1.80. The molecule has 0 aliphatic rings. The van der Waals surface area contributed by atoms with Crippen LogP contribution in [0.1, 0.15) is 10.4 Å². The third-order valence-corrected chi connectivity index (χ3v) is 2.52. The maximum Gasteiger partial charge on any atom is 0.250 e. The van der Waals surface area contributed by atoms with E-state index in [1.807, 2.05) is 13.1 Å². The summed E-state index contributed by atoms with van der Waals surface area (Å²) in [7, 11) is 1.83. The van der Waals surface area contributed by atoms with Gasteiger partial charge in [0, 0.05) is 18.6 Å². The molecule has 14 heavy (non-hydrogen) atoms. The highest BCUT2D eigenvalue weighted by molar-refractivity contribution is 6.35. The van der Waals surface area contributed by atoms with E-state index >= 15 is 0 Å². The highest BCUT2D eigenvalue weighted by Gasteiger charge is 2.12. The number of carbonyl (C=O) groups excluding carboxylic acids is 1. The minimum atomic E-state index is -0.433. The van der Waals surface area contributed by atoms with E-state index in [0.717, 1.165) is 10.9 Å². The first kappa shape index (κ1) is 9.09. The van der Waals surface area contributed by atoms with Crippen molar-refractivity contribution in [2.75, 3.05) is 0 Å². The number of nitrogens with two attached hydrogens (primary N) is 1. The van der Waals surface area contributed by atoms with E-state index in [1.54, 1.807) is 22.9 Å². The highest BCUT2D eigenvalue weighted by atomic mass is 35.5. The van der Waals surface area contributed by atoms with Gasteiger partial charge in [0.1, 0.15) is 0 Å². The Balaban J connectivity index is 2.91. The highest BCUT2D eigenvalue weighted by Crippen LogP contribution is 2.26. The van der Waals surface area contributed by atoms with E-state index in [9.17, 15) is 4.79 Å². The van der Waals surface area contributed by atoms with Crippen LogP contribution in [-0.2, 0) is 7.05 Å². The molecule has 72 valence electrons. The zero-order chi connectivity index (χ0) is 10.3. The van der Waals surface area contributed by atoms with Gasteiger partial charge in [-0.05, 0) is 6.07 Å². The van der Waals surface area contributed by atoms with Crippen molar-refractivity contribution in [2.24, 2.45) is 12.8 Å². The molecule has 2 rings (SSSR count). The molecule has 0 bridgehead atoms. The van der Waals surface area contributed by atoms with E-state index in [1.165, 1.54) is 0 Å². The van der Waals surface area contributed by atoms with Gasteiger partial charge in [-0.15, -0.1) is 0 Å². The number of para-hydroxylation sites is 1. The minimum absolute atomic E-state index is 0.433. The second kappa shape index (κ2) is 3.03.